The van der Waals surface area contributed by atoms with E-state index in [0.717, 1.165) is 45.2 Å². The van der Waals surface area contributed by atoms with Gasteiger partial charge in [-0.25, -0.2) is 0 Å². The second-order valence-corrected chi connectivity index (χ2v) is 8.39. The van der Waals surface area contributed by atoms with E-state index in [-0.39, 0.29) is 24.8 Å². The van der Waals surface area contributed by atoms with Gasteiger partial charge in [-0.2, -0.15) is 0 Å². The van der Waals surface area contributed by atoms with Gasteiger partial charge in [-0.05, 0) is 42.7 Å². The second-order valence-electron chi connectivity index (χ2n) is 8.39. The summed E-state index contributed by atoms with van der Waals surface area (Å²) in [6, 6.07) is 21.1. The Morgan fingerprint density at radius 1 is 0.967 bits per heavy atom. The summed E-state index contributed by atoms with van der Waals surface area (Å²) in [6.07, 6.45) is 5.39. The zero-order valence-corrected chi connectivity index (χ0v) is 18.0. The van der Waals surface area contributed by atoms with Crippen molar-refractivity contribution in [2.45, 2.75) is 70.7 Å². The standard InChI is InChI=1S/C26H34FNO2/c1-21(29)30-26-24(15-8-9-18-27)16-10-17-25(26)28(19-22-11-4-2-5-12-22)20-23-13-6-3-7-14-23/h2-7,11-14,24-26H,8-10,15-20H2,1H3/t24?,25-,26-/m1/s1. The lowest BCUT2D eigenvalue weighted by molar-refractivity contribution is -0.157. The summed E-state index contributed by atoms with van der Waals surface area (Å²) >= 11 is 0. The number of benzene rings is 2. The molecule has 0 radical (unpaired) electrons. The molecule has 2 aromatic rings. The molecule has 1 unspecified atom stereocenters. The largest absolute Gasteiger partial charge is 0.461 e. The molecule has 3 nitrogen and oxygen atoms in total. The maximum absolute atomic E-state index is 12.7. The topological polar surface area (TPSA) is 29.5 Å². The highest BCUT2D eigenvalue weighted by Gasteiger charge is 2.38. The number of nitrogens with zero attached hydrogens (tertiary/aromatic N) is 1. The van der Waals surface area contributed by atoms with Crippen molar-refractivity contribution >= 4 is 5.97 Å². The molecule has 1 saturated carbocycles. The van der Waals surface area contributed by atoms with Crippen LogP contribution in [0.15, 0.2) is 60.7 Å². The number of hydrogen-bond donors (Lipinski definition) is 0. The van der Waals surface area contributed by atoms with Gasteiger partial charge in [-0.15, -0.1) is 0 Å². The predicted octanol–water partition coefficient (Wildman–Crippen LogP) is 5.93. The van der Waals surface area contributed by atoms with Crippen molar-refractivity contribution < 1.29 is 13.9 Å². The van der Waals surface area contributed by atoms with Crippen LogP contribution >= 0.6 is 0 Å². The van der Waals surface area contributed by atoms with E-state index in [1.165, 1.54) is 18.1 Å². The Balaban J connectivity index is 1.84. The van der Waals surface area contributed by atoms with E-state index in [1.54, 1.807) is 0 Å². The van der Waals surface area contributed by atoms with E-state index in [2.05, 4.69) is 53.4 Å². The number of esters is 1. The van der Waals surface area contributed by atoms with Crippen LogP contribution in [0.2, 0.25) is 0 Å². The zero-order chi connectivity index (χ0) is 21.2. The second kappa shape index (κ2) is 11.8. The number of carbonyl (C=O) groups excluding carboxylic acids is 1. The fourth-order valence-electron chi connectivity index (χ4n) is 4.72. The molecule has 3 atom stereocenters. The third kappa shape index (κ3) is 6.66. The highest BCUT2D eigenvalue weighted by atomic mass is 19.1. The van der Waals surface area contributed by atoms with Gasteiger partial charge in [0.15, 0.2) is 0 Å². The Bertz CT molecular complexity index is 711. The number of alkyl halides is 1. The number of rotatable bonds is 10. The SMILES string of the molecule is CC(=O)O[C@@H]1C(CCCCF)CCC[C@H]1N(Cc1ccccc1)Cc1ccccc1. The average Bonchev–Trinajstić information content (AvgIpc) is 2.75. The van der Waals surface area contributed by atoms with Gasteiger partial charge < -0.3 is 4.74 Å². The zero-order valence-electron chi connectivity index (χ0n) is 18.0. The molecule has 0 spiro atoms. The lowest BCUT2D eigenvalue weighted by atomic mass is 9.79. The number of halogens is 1. The summed E-state index contributed by atoms with van der Waals surface area (Å²) in [4.78, 5) is 14.4. The quantitative estimate of drug-likeness (QED) is 0.358. The molecule has 0 heterocycles. The third-order valence-electron chi connectivity index (χ3n) is 6.11. The average molecular weight is 412 g/mol. The van der Waals surface area contributed by atoms with Crippen molar-refractivity contribution in [1.29, 1.82) is 0 Å². The molecule has 162 valence electrons. The fraction of sp³-hybridized carbons (Fsp3) is 0.500. The number of ether oxygens (including phenoxy) is 1. The van der Waals surface area contributed by atoms with Crippen molar-refractivity contribution in [3.05, 3.63) is 71.8 Å². The van der Waals surface area contributed by atoms with Crippen LogP contribution in [-0.2, 0) is 22.6 Å². The first-order valence-electron chi connectivity index (χ1n) is 11.2. The van der Waals surface area contributed by atoms with Crippen LogP contribution in [0.4, 0.5) is 4.39 Å². The van der Waals surface area contributed by atoms with Gasteiger partial charge in [0.25, 0.3) is 0 Å². The first-order chi connectivity index (χ1) is 14.7. The maximum Gasteiger partial charge on any atom is 0.302 e. The maximum atomic E-state index is 12.7. The molecule has 1 fully saturated rings. The molecule has 30 heavy (non-hydrogen) atoms. The number of unbranched alkanes of at least 4 members (excludes halogenated alkanes) is 1. The molecule has 0 aliphatic heterocycles. The van der Waals surface area contributed by atoms with E-state index in [0.29, 0.717) is 12.3 Å². The molecular formula is C26H34FNO2. The highest BCUT2D eigenvalue weighted by molar-refractivity contribution is 5.66. The molecule has 1 aliphatic carbocycles. The number of carbonyl (C=O) groups is 1. The number of hydrogen-bond acceptors (Lipinski definition) is 3. The molecule has 1 aliphatic rings. The van der Waals surface area contributed by atoms with Gasteiger partial charge in [-0.3, -0.25) is 14.1 Å². The minimum absolute atomic E-state index is 0.136. The van der Waals surface area contributed by atoms with Gasteiger partial charge in [-0.1, -0.05) is 73.5 Å². The van der Waals surface area contributed by atoms with Crippen LogP contribution in [0.5, 0.6) is 0 Å². The summed E-state index contributed by atoms with van der Waals surface area (Å²) in [6.45, 7) is 2.86. The fourth-order valence-corrected chi connectivity index (χ4v) is 4.72. The smallest absolute Gasteiger partial charge is 0.302 e. The Morgan fingerprint density at radius 2 is 1.57 bits per heavy atom. The van der Waals surface area contributed by atoms with Gasteiger partial charge in [0.2, 0.25) is 0 Å². The van der Waals surface area contributed by atoms with E-state index in [9.17, 15) is 9.18 Å². The third-order valence-corrected chi connectivity index (χ3v) is 6.11. The first-order valence-corrected chi connectivity index (χ1v) is 11.2. The van der Waals surface area contributed by atoms with Gasteiger partial charge in [0.1, 0.15) is 6.10 Å². The summed E-state index contributed by atoms with van der Waals surface area (Å²) in [5.41, 5.74) is 2.52. The van der Waals surface area contributed by atoms with Crippen LogP contribution in [0, 0.1) is 5.92 Å². The Labute approximate surface area is 180 Å². The Morgan fingerprint density at radius 3 is 2.10 bits per heavy atom. The van der Waals surface area contributed by atoms with E-state index >= 15 is 0 Å². The van der Waals surface area contributed by atoms with E-state index < -0.39 is 0 Å². The van der Waals surface area contributed by atoms with Crippen molar-refractivity contribution in [1.82, 2.24) is 4.90 Å². The Kier molecular flexibility index (Phi) is 8.88. The van der Waals surface area contributed by atoms with Crippen LogP contribution in [0.3, 0.4) is 0 Å². The van der Waals surface area contributed by atoms with Crippen LogP contribution in [0.25, 0.3) is 0 Å². The van der Waals surface area contributed by atoms with Crippen molar-refractivity contribution in [2.24, 2.45) is 5.92 Å². The van der Waals surface area contributed by atoms with Gasteiger partial charge >= 0.3 is 5.97 Å². The highest BCUT2D eigenvalue weighted by Crippen LogP contribution is 2.35. The normalized spacial score (nSPS) is 21.5. The summed E-state index contributed by atoms with van der Waals surface area (Å²) in [5.74, 6) is 0.0787. The summed E-state index contributed by atoms with van der Waals surface area (Å²) in [7, 11) is 0. The molecule has 0 bridgehead atoms. The van der Waals surface area contributed by atoms with Gasteiger partial charge in [0.05, 0.1) is 6.67 Å². The van der Waals surface area contributed by atoms with Crippen molar-refractivity contribution in [2.75, 3.05) is 6.67 Å². The van der Waals surface area contributed by atoms with E-state index in [4.69, 9.17) is 4.74 Å². The van der Waals surface area contributed by atoms with E-state index in [1.807, 2.05) is 12.1 Å². The summed E-state index contributed by atoms with van der Waals surface area (Å²) < 4.78 is 18.6. The molecule has 0 saturated heterocycles. The molecule has 0 N–H and O–H groups in total. The van der Waals surface area contributed by atoms with Crippen molar-refractivity contribution in [3.63, 3.8) is 0 Å². The monoisotopic (exact) mass is 411 g/mol. The molecule has 2 aromatic carbocycles. The molecule has 0 amide bonds. The molecule has 3 rings (SSSR count). The van der Waals surface area contributed by atoms with Crippen LogP contribution in [-0.4, -0.2) is 29.7 Å². The molecule has 0 aromatic heterocycles. The lowest BCUT2D eigenvalue weighted by Crippen LogP contribution is -2.50. The minimum atomic E-state index is -0.275. The molecule has 4 heteroatoms. The lowest BCUT2D eigenvalue weighted by Gasteiger charge is -2.43. The predicted molar refractivity (Wildman–Crippen MR) is 119 cm³/mol. The minimum Gasteiger partial charge on any atom is -0.461 e. The van der Waals surface area contributed by atoms with Crippen molar-refractivity contribution in [3.8, 4) is 0 Å². The van der Waals surface area contributed by atoms with Gasteiger partial charge in [0, 0.05) is 26.1 Å². The Hall–Kier alpha value is -2.20. The van der Waals surface area contributed by atoms with Crippen LogP contribution in [0.1, 0.15) is 56.6 Å². The first kappa shape index (κ1) is 22.5. The summed E-state index contributed by atoms with van der Waals surface area (Å²) in [5, 5.41) is 0. The van der Waals surface area contributed by atoms with Crippen LogP contribution < -0.4 is 0 Å². The molecular weight excluding hydrogens is 377 g/mol.